The number of nitrogens with one attached hydrogen (secondary N) is 7. The first kappa shape index (κ1) is 41.9. The maximum atomic E-state index is 12.9. The van der Waals surface area contributed by atoms with Crippen LogP contribution in [0.3, 0.4) is 0 Å². The van der Waals surface area contributed by atoms with Gasteiger partial charge in [0, 0.05) is 31.4 Å². The summed E-state index contributed by atoms with van der Waals surface area (Å²) < 4.78 is 77.2. The van der Waals surface area contributed by atoms with Crippen LogP contribution in [0.25, 0.3) is 22.1 Å². The van der Waals surface area contributed by atoms with E-state index < -0.39 is 45.6 Å². The molecular formula is C36H32Cl2F6N10O3. The van der Waals surface area contributed by atoms with Gasteiger partial charge >= 0.3 is 24.4 Å². The van der Waals surface area contributed by atoms with Crippen molar-refractivity contribution in [3.8, 4) is 0 Å². The Labute approximate surface area is 329 Å². The minimum atomic E-state index is -4.61. The molecule has 9 N–H and O–H groups in total. The summed E-state index contributed by atoms with van der Waals surface area (Å²) in [5.41, 5.74) is 8.31. The number of urea groups is 2. The van der Waals surface area contributed by atoms with Gasteiger partial charge in [-0.25, -0.2) is 19.6 Å². The predicted octanol–water partition coefficient (Wildman–Crippen LogP) is 8.74. The van der Waals surface area contributed by atoms with Gasteiger partial charge in [-0.1, -0.05) is 35.3 Å². The first-order chi connectivity index (χ1) is 26.8. The molecule has 4 aromatic carbocycles. The number of carbonyl (C=O) groups is 3. The Balaban J connectivity index is 0.000000219. The molecule has 2 heterocycles. The summed E-state index contributed by atoms with van der Waals surface area (Å²) in [5.74, 6) is 0.418. The zero-order chi connectivity index (χ0) is 41.5. The maximum absolute atomic E-state index is 12.9. The average molecular weight is 838 g/mol. The van der Waals surface area contributed by atoms with E-state index in [0.29, 0.717) is 36.8 Å². The van der Waals surface area contributed by atoms with E-state index in [0.717, 1.165) is 51.9 Å². The Bertz CT molecular complexity index is 2420. The molecule has 13 nitrogen and oxygen atoms in total. The standard InChI is InChI=1S/C19H17ClF3N5O2.C17H15ClF3N5O/c1-10(29)25-17-27-15-5-2-11(8-16(15)28-17)6-7-24-18(30)26-12-3-4-14(20)13(9-12)19(21,22)23;18-12-3-2-10(8-11(12)17(19,20)21)24-16(27)23-6-5-9-1-4-13-14(7-9)26-15(22)25-13/h2-5,8-9H,6-7H2,1H3,(H2,24,26,30)(H2,25,27,28,29);1-4,7-8H,5-6H2,(H3,22,25,26)(H2,23,24,27). The van der Waals surface area contributed by atoms with Crippen molar-refractivity contribution in [2.24, 2.45) is 0 Å². The number of nitrogens with two attached hydrogens (primary N) is 1. The lowest BCUT2D eigenvalue weighted by atomic mass is 10.1. The van der Waals surface area contributed by atoms with Crippen LogP contribution in [0.4, 0.5) is 59.2 Å². The molecule has 0 aliphatic carbocycles. The van der Waals surface area contributed by atoms with Crippen molar-refractivity contribution in [2.75, 3.05) is 34.8 Å². The van der Waals surface area contributed by atoms with E-state index in [1.807, 2.05) is 30.3 Å². The molecule has 57 heavy (non-hydrogen) atoms. The first-order valence-corrected chi connectivity index (χ1v) is 17.4. The lowest BCUT2D eigenvalue weighted by Gasteiger charge is -2.12. The molecule has 6 rings (SSSR count). The summed E-state index contributed by atoms with van der Waals surface area (Å²) >= 11 is 11.1. The van der Waals surface area contributed by atoms with E-state index in [9.17, 15) is 40.7 Å². The number of anilines is 4. The Hall–Kier alpha value is -6.21. The predicted molar refractivity (Wildman–Crippen MR) is 205 cm³/mol. The molecule has 21 heteroatoms. The zero-order valence-corrected chi connectivity index (χ0v) is 31.0. The number of hydrogen-bond donors (Lipinski definition) is 8. The second-order valence-corrected chi connectivity index (χ2v) is 13.1. The molecule has 0 saturated carbocycles. The molecule has 0 atom stereocenters. The fourth-order valence-electron chi connectivity index (χ4n) is 5.30. The molecule has 0 fully saturated rings. The number of fused-ring (bicyclic) bond motifs is 2. The number of aromatic amines is 2. The normalized spacial score (nSPS) is 11.5. The fourth-order valence-corrected chi connectivity index (χ4v) is 5.75. The highest BCUT2D eigenvalue weighted by atomic mass is 35.5. The lowest BCUT2D eigenvalue weighted by molar-refractivity contribution is -0.138. The van der Waals surface area contributed by atoms with Gasteiger partial charge in [-0.05, 0) is 84.6 Å². The van der Waals surface area contributed by atoms with Crippen LogP contribution in [-0.4, -0.2) is 51.0 Å². The monoisotopic (exact) mass is 836 g/mol. The molecule has 300 valence electrons. The Morgan fingerprint density at radius 2 is 1.11 bits per heavy atom. The van der Waals surface area contributed by atoms with Crippen molar-refractivity contribution in [3.05, 3.63) is 105 Å². The molecule has 2 aromatic heterocycles. The van der Waals surface area contributed by atoms with Crippen molar-refractivity contribution in [2.45, 2.75) is 32.1 Å². The molecule has 6 aromatic rings. The number of nitrogen functional groups attached to an aromatic ring is 1. The van der Waals surface area contributed by atoms with Crippen molar-refractivity contribution >= 4 is 86.5 Å². The lowest BCUT2D eigenvalue weighted by Crippen LogP contribution is -2.30. The van der Waals surface area contributed by atoms with E-state index in [1.165, 1.54) is 19.1 Å². The summed E-state index contributed by atoms with van der Waals surface area (Å²) in [7, 11) is 0. The van der Waals surface area contributed by atoms with Gasteiger partial charge in [0.15, 0.2) is 5.95 Å². The number of alkyl halides is 6. The molecule has 5 amide bonds. The number of carbonyl (C=O) groups excluding carboxylic acids is 3. The average Bonchev–Trinajstić information content (AvgIpc) is 3.69. The van der Waals surface area contributed by atoms with Crippen molar-refractivity contribution < 1.29 is 40.7 Å². The van der Waals surface area contributed by atoms with E-state index >= 15 is 0 Å². The number of rotatable bonds is 9. The Kier molecular flexibility index (Phi) is 13.0. The fraction of sp³-hybridized carbons (Fsp3) is 0.194. The van der Waals surface area contributed by atoms with Gasteiger partial charge in [0.2, 0.25) is 11.9 Å². The van der Waals surface area contributed by atoms with E-state index in [-0.39, 0.29) is 23.8 Å². The van der Waals surface area contributed by atoms with Crippen LogP contribution in [-0.2, 0) is 30.0 Å². The molecular weight excluding hydrogens is 805 g/mol. The third kappa shape index (κ3) is 11.9. The topological polar surface area (TPSA) is 195 Å². The van der Waals surface area contributed by atoms with Crippen LogP contribution in [0.1, 0.15) is 29.2 Å². The van der Waals surface area contributed by atoms with Crippen LogP contribution in [0, 0.1) is 0 Å². The smallest absolute Gasteiger partial charge is 0.369 e. The van der Waals surface area contributed by atoms with Gasteiger partial charge in [-0.15, -0.1) is 0 Å². The van der Waals surface area contributed by atoms with Crippen LogP contribution in [0.15, 0.2) is 72.8 Å². The van der Waals surface area contributed by atoms with Crippen molar-refractivity contribution in [1.82, 2.24) is 30.6 Å². The van der Waals surface area contributed by atoms with Gasteiger partial charge in [-0.3, -0.25) is 10.1 Å². The molecule has 0 bridgehead atoms. The quantitative estimate of drug-likeness (QED) is 0.0671. The van der Waals surface area contributed by atoms with Gasteiger partial charge in [-0.2, -0.15) is 26.3 Å². The number of halogens is 8. The Morgan fingerprint density at radius 1 is 0.649 bits per heavy atom. The first-order valence-electron chi connectivity index (χ1n) is 16.7. The second-order valence-electron chi connectivity index (χ2n) is 12.2. The van der Waals surface area contributed by atoms with Crippen molar-refractivity contribution in [1.29, 1.82) is 0 Å². The van der Waals surface area contributed by atoms with Gasteiger partial charge in [0.25, 0.3) is 0 Å². The van der Waals surface area contributed by atoms with Crippen LogP contribution in [0.2, 0.25) is 10.0 Å². The summed E-state index contributed by atoms with van der Waals surface area (Å²) in [6.07, 6.45) is -8.21. The number of imidazole rings is 2. The SMILES string of the molecule is CC(=O)Nc1nc2ccc(CCNC(=O)Nc3ccc(Cl)c(C(F)(F)F)c3)cc2[nH]1.Nc1nc2ccc(CCNC(=O)Nc3ccc(Cl)c(C(F)(F)F)c3)cc2[nH]1. The number of aromatic nitrogens is 4. The third-order valence-corrected chi connectivity index (χ3v) is 8.52. The highest BCUT2D eigenvalue weighted by molar-refractivity contribution is 6.31. The number of H-pyrrole nitrogens is 2. The van der Waals surface area contributed by atoms with E-state index in [2.05, 4.69) is 46.5 Å². The molecule has 0 unspecified atom stereocenters. The molecule has 0 radical (unpaired) electrons. The summed E-state index contributed by atoms with van der Waals surface area (Å²) in [4.78, 5) is 49.2. The molecule has 0 spiro atoms. The highest BCUT2D eigenvalue weighted by Gasteiger charge is 2.34. The summed E-state index contributed by atoms with van der Waals surface area (Å²) in [5, 5.41) is 11.6. The zero-order valence-electron chi connectivity index (χ0n) is 29.5. The summed E-state index contributed by atoms with van der Waals surface area (Å²) in [6, 6.07) is 16.0. The summed E-state index contributed by atoms with van der Waals surface area (Å²) in [6.45, 7) is 1.92. The van der Waals surface area contributed by atoms with E-state index in [1.54, 1.807) is 6.07 Å². The highest BCUT2D eigenvalue weighted by Crippen LogP contribution is 2.37. The van der Waals surface area contributed by atoms with Gasteiger partial charge < -0.3 is 37.0 Å². The largest absolute Gasteiger partial charge is 0.417 e. The second kappa shape index (κ2) is 17.7. The number of hydrogen-bond acceptors (Lipinski definition) is 6. The van der Waals surface area contributed by atoms with Crippen LogP contribution >= 0.6 is 23.2 Å². The molecule has 0 saturated heterocycles. The Morgan fingerprint density at radius 3 is 1.56 bits per heavy atom. The molecule has 0 aliphatic heterocycles. The minimum Gasteiger partial charge on any atom is -0.369 e. The third-order valence-electron chi connectivity index (χ3n) is 7.86. The number of benzene rings is 4. The maximum Gasteiger partial charge on any atom is 0.417 e. The van der Waals surface area contributed by atoms with Gasteiger partial charge in [0.1, 0.15) is 0 Å². The van der Waals surface area contributed by atoms with Crippen molar-refractivity contribution in [3.63, 3.8) is 0 Å². The number of amides is 5. The van der Waals surface area contributed by atoms with Crippen LogP contribution in [0.5, 0.6) is 0 Å². The van der Waals surface area contributed by atoms with Crippen LogP contribution < -0.4 is 32.3 Å². The van der Waals surface area contributed by atoms with Gasteiger partial charge in [0.05, 0.1) is 43.2 Å². The number of nitrogens with zero attached hydrogens (tertiary/aromatic N) is 2. The minimum absolute atomic E-state index is 0.00132. The van der Waals surface area contributed by atoms with E-state index in [4.69, 9.17) is 28.9 Å². The molecule has 0 aliphatic rings.